The molecule has 0 aliphatic carbocycles. The van der Waals surface area contributed by atoms with E-state index in [4.69, 9.17) is 0 Å². The molecule has 24 heavy (non-hydrogen) atoms. The number of benzene rings is 1. The maximum Gasteiger partial charge on any atom is 0.276 e. The summed E-state index contributed by atoms with van der Waals surface area (Å²) in [5.41, 5.74) is 1.36. The maximum atomic E-state index is 13.7. The van der Waals surface area contributed by atoms with Crippen molar-refractivity contribution in [2.75, 3.05) is 24.5 Å². The van der Waals surface area contributed by atoms with Crippen LogP contribution < -0.4 is 4.90 Å². The van der Waals surface area contributed by atoms with Gasteiger partial charge in [0.1, 0.15) is 12.4 Å². The topological polar surface area (TPSA) is 53.5 Å². The highest BCUT2D eigenvalue weighted by Crippen LogP contribution is 2.19. The van der Waals surface area contributed by atoms with Gasteiger partial charge in [0.25, 0.3) is 5.91 Å². The van der Waals surface area contributed by atoms with Crippen LogP contribution in [0.15, 0.2) is 36.5 Å². The zero-order valence-electron chi connectivity index (χ0n) is 13.0. The lowest BCUT2D eigenvalue weighted by atomic mass is 10.2. The minimum atomic E-state index is -1.03. The van der Waals surface area contributed by atoms with Crippen molar-refractivity contribution in [2.24, 2.45) is 0 Å². The second-order valence-electron chi connectivity index (χ2n) is 5.59. The van der Waals surface area contributed by atoms with Crippen LogP contribution in [0.1, 0.15) is 16.1 Å². The normalized spacial score (nSPS) is 14.9. The van der Waals surface area contributed by atoms with E-state index in [1.807, 2.05) is 31.2 Å². The SMILES string of the molecule is Cc1ccc(N2CCN(C(=O)c3ncc(F)cc3F)CC2=O)cc1. The molecular weight excluding hydrogens is 316 g/mol. The number of aromatic nitrogens is 1. The standard InChI is InChI=1S/C17H15F2N3O2/c1-11-2-4-13(5-3-11)22-7-6-21(10-15(22)23)17(24)16-14(19)8-12(18)9-20-16/h2-5,8-9H,6-7,10H2,1H3. The Kier molecular flexibility index (Phi) is 4.24. The van der Waals surface area contributed by atoms with E-state index in [1.54, 1.807) is 4.90 Å². The monoisotopic (exact) mass is 331 g/mol. The smallest absolute Gasteiger partial charge is 0.276 e. The van der Waals surface area contributed by atoms with Crippen LogP contribution >= 0.6 is 0 Å². The Hall–Kier alpha value is -2.83. The van der Waals surface area contributed by atoms with E-state index in [1.165, 1.54) is 4.90 Å². The molecule has 0 unspecified atom stereocenters. The summed E-state index contributed by atoms with van der Waals surface area (Å²) < 4.78 is 26.6. The van der Waals surface area contributed by atoms with Gasteiger partial charge in [-0.2, -0.15) is 0 Å². The van der Waals surface area contributed by atoms with E-state index in [-0.39, 0.29) is 19.0 Å². The largest absolute Gasteiger partial charge is 0.326 e. The van der Waals surface area contributed by atoms with Crippen molar-refractivity contribution < 1.29 is 18.4 Å². The van der Waals surface area contributed by atoms with Gasteiger partial charge in [-0.15, -0.1) is 0 Å². The van der Waals surface area contributed by atoms with Crippen molar-refractivity contribution in [1.82, 2.24) is 9.88 Å². The van der Waals surface area contributed by atoms with Crippen molar-refractivity contribution in [2.45, 2.75) is 6.92 Å². The van der Waals surface area contributed by atoms with Crippen LogP contribution in [0.3, 0.4) is 0 Å². The molecule has 2 amide bonds. The van der Waals surface area contributed by atoms with Crippen LogP contribution in [0.4, 0.5) is 14.5 Å². The van der Waals surface area contributed by atoms with E-state index in [2.05, 4.69) is 4.98 Å². The van der Waals surface area contributed by atoms with Gasteiger partial charge in [0.2, 0.25) is 5.91 Å². The number of pyridine rings is 1. The van der Waals surface area contributed by atoms with E-state index in [0.29, 0.717) is 12.6 Å². The van der Waals surface area contributed by atoms with Crippen LogP contribution in [-0.2, 0) is 4.79 Å². The molecule has 1 aromatic heterocycles. The van der Waals surface area contributed by atoms with Gasteiger partial charge in [-0.1, -0.05) is 17.7 Å². The van der Waals surface area contributed by atoms with E-state index in [9.17, 15) is 18.4 Å². The van der Waals surface area contributed by atoms with Crippen LogP contribution in [0.2, 0.25) is 0 Å². The zero-order chi connectivity index (χ0) is 17.3. The summed E-state index contributed by atoms with van der Waals surface area (Å²) >= 11 is 0. The molecule has 1 aliphatic rings. The van der Waals surface area contributed by atoms with Gasteiger partial charge in [0.15, 0.2) is 11.5 Å². The highest BCUT2D eigenvalue weighted by Gasteiger charge is 2.30. The fraction of sp³-hybridized carbons (Fsp3) is 0.235. The lowest BCUT2D eigenvalue weighted by molar-refractivity contribution is -0.120. The van der Waals surface area contributed by atoms with Crippen LogP contribution in [0.5, 0.6) is 0 Å². The molecule has 3 rings (SSSR count). The van der Waals surface area contributed by atoms with Crippen molar-refractivity contribution in [3.05, 3.63) is 59.4 Å². The van der Waals surface area contributed by atoms with Crippen LogP contribution in [-0.4, -0.2) is 41.3 Å². The molecule has 2 aromatic rings. The summed E-state index contributed by atoms with van der Waals surface area (Å²) in [6.45, 7) is 2.32. The molecule has 0 radical (unpaired) electrons. The summed E-state index contributed by atoms with van der Waals surface area (Å²) in [4.78, 5) is 30.9. The van der Waals surface area contributed by atoms with Crippen molar-refractivity contribution in [3.63, 3.8) is 0 Å². The molecule has 0 spiro atoms. The van der Waals surface area contributed by atoms with Gasteiger partial charge in [0.05, 0.1) is 6.20 Å². The minimum Gasteiger partial charge on any atom is -0.326 e. The summed E-state index contributed by atoms with van der Waals surface area (Å²) in [7, 11) is 0. The molecule has 1 fully saturated rings. The van der Waals surface area contributed by atoms with Gasteiger partial charge < -0.3 is 9.80 Å². The first-order valence-electron chi connectivity index (χ1n) is 7.43. The number of hydrogen-bond acceptors (Lipinski definition) is 3. The number of piperazine rings is 1. The summed E-state index contributed by atoms with van der Waals surface area (Å²) in [6, 6.07) is 8.08. The van der Waals surface area contributed by atoms with Gasteiger partial charge in [-0.05, 0) is 19.1 Å². The highest BCUT2D eigenvalue weighted by molar-refractivity contribution is 6.01. The first kappa shape index (κ1) is 16.0. The van der Waals surface area contributed by atoms with E-state index >= 15 is 0 Å². The van der Waals surface area contributed by atoms with Gasteiger partial charge in [-0.25, -0.2) is 13.8 Å². The van der Waals surface area contributed by atoms with E-state index < -0.39 is 23.2 Å². The zero-order valence-corrected chi connectivity index (χ0v) is 13.0. The Morgan fingerprint density at radius 3 is 2.50 bits per heavy atom. The van der Waals surface area contributed by atoms with Gasteiger partial charge >= 0.3 is 0 Å². The van der Waals surface area contributed by atoms with E-state index in [0.717, 1.165) is 17.4 Å². The fourth-order valence-corrected chi connectivity index (χ4v) is 2.57. The molecule has 1 aromatic carbocycles. The predicted molar refractivity (Wildman–Crippen MR) is 83.6 cm³/mol. The molecule has 2 heterocycles. The molecule has 0 bridgehead atoms. The summed E-state index contributed by atoms with van der Waals surface area (Å²) in [6.07, 6.45) is 0.778. The van der Waals surface area contributed by atoms with Crippen molar-refractivity contribution in [1.29, 1.82) is 0 Å². The Bertz CT molecular complexity index is 793. The lowest BCUT2D eigenvalue weighted by Gasteiger charge is -2.34. The third kappa shape index (κ3) is 3.10. The molecular formula is C17H15F2N3O2. The second kappa shape index (κ2) is 6.35. The molecule has 0 N–H and O–H groups in total. The number of hydrogen-bond donors (Lipinski definition) is 0. The number of aryl methyl sites for hydroxylation is 1. The molecule has 1 aliphatic heterocycles. The Morgan fingerprint density at radius 1 is 1.17 bits per heavy atom. The molecule has 0 atom stereocenters. The van der Waals surface area contributed by atoms with Crippen LogP contribution in [0.25, 0.3) is 0 Å². The highest BCUT2D eigenvalue weighted by atomic mass is 19.1. The maximum absolute atomic E-state index is 13.7. The number of halogens is 2. The third-order valence-corrected chi connectivity index (χ3v) is 3.86. The fourth-order valence-electron chi connectivity index (χ4n) is 2.57. The van der Waals surface area contributed by atoms with Crippen molar-refractivity contribution >= 4 is 17.5 Å². The minimum absolute atomic E-state index is 0.175. The Balaban J connectivity index is 1.74. The quantitative estimate of drug-likeness (QED) is 0.847. The number of carbonyl (C=O) groups excluding carboxylic acids is 2. The Morgan fingerprint density at radius 2 is 1.88 bits per heavy atom. The van der Waals surface area contributed by atoms with Crippen molar-refractivity contribution in [3.8, 4) is 0 Å². The molecule has 5 nitrogen and oxygen atoms in total. The average molecular weight is 331 g/mol. The van der Waals surface area contributed by atoms with Gasteiger partial charge in [-0.3, -0.25) is 9.59 Å². The number of amides is 2. The van der Waals surface area contributed by atoms with Crippen LogP contribution in [0, 0.1) is 18.6 Å². The predicted octanol–water partition coefficient (Wildman–Crippen LogP) is 2.16. The second-order valence-corrected chi connectivity index (χ2v) is 5.59. The first-order chi connectivity index (χ1) is 11.5. The molecule has 7 heteroatoms. The molecule has 1 saturated heterocycles. The third-order valence-electron chi connectivity index (χ3n) is 3.86. The number of nitrogens with zero attached hydrogens (tertiary/aromatic N) is 3. The Labute approximate surface area is 137 Å². The summed E-state index contributed by atoms with van der Waals surface area (Å²) in [5, 5.41) is 0. The summed E-state index contributed by atoms with van der Waals surface area (Å²) in [5.74, 6) is -2.87. The number of rotatable bonds is 2. The molecule has 0 saturated carbocycles. The lowest BCUT2D eigenvalue weighted by Crippen LogP contribution is -2.52. The average Bonchev–Trinajstić information content (AvgIpc) is 2.55. The number of anilines is 1. The number of carbonyl (C=O) groups is 2. The molecule has 124 valence electrons. The van der Waals surface area contributed by atoms with Gasteiger partial charge in [0, 0.05) is 24.8 Å². The first-order valence-corrected chi connectivity index (χ1v) is 7.43.